The zero-order chi connectivity index (χ0) is 15.3. The molecule has 6 heteroatoms. The quantitative estimate of drug-likeness (QED) is 0.671. The molecule has 20 heavy (non-hydrogen) atoms. The van der Waals surface area contributed by atoms with Crippen molar-refractivity contribution in [3.05, 3.63) is 29.8 Å². The van der Waals surface area contributed by atoms with Gasteiger partial charge in [0.15, 0.2) is 0 Å². The zero-order valence-corrected chi connectivity index (χ0v) is 11.8. The molecule has 1 rings (SSSR count). The minimum absolute atomic E-state index is 0.110. The third-order valence-corrected chi connectivity index (χ3v) is 2.47. The van der Waals surface area contributed by atoms with Gasteiger partial charge < -0.3 is 20.8 Å². The average molecular weight is 280 g/mol. The van der Waals surface area contributed by atoms with Crippen LogP contribution in [-0.2, 0) is 11.2 Å². The van der Waals surface area contributed by atoms with Crippen LogP contribution in [0.4, 0.5) is 4.79 Å². The first-order valence-electron chi connectivity index (χ1n) is 6.27. The van der Waals surface area contributed by atoms with Crippen molar-refractivity contribution in [1.82, 2.24) is 10.6 Å². The maximum absolute atomic E-state index is 11.7. The summed E-state index contributed by atoms with van der Waals surface area (Å²) in [6, 6.07) is 4.64. The Hall–Kier alpha value is -2.24. The van der Waals surface area contributed by atoms with Crippen molar-refractivity contribution in [2.75, 3.05) is 0 Å². The van der Waals surface area contributed by atoms with Gasteiger partial charge in [-0.25, -0.2) is 9.59 Å². The second-order valence-corrected chi connectivity index (χ2v) is 5.61. The number of rotatable bonds is 4. The summed E-state index contributed by atoms with van der Waals surface area (Å²) in [6.07, 6.45) is 0.146. The van der Waals surface area contributed by atoms with Gasteiger partial charge in [0, 0.05) is 12.0 Å². The van der Waals surface area contributed by atoms with Crippen molar-refractivity contribution < 1.29 is 19.8 Å². The molecule has 0 saturated carbocycles. The highest BCUT2D eigenvalue weighted by molar-refractivity contribution is 5.83. The molecular weight excluding hydrogens is 260 g/mol. The van der Waals surface area contributed by atoms with E-state index in [9.17, 15) is 14.7 Å². The summed E-state index contributed by atoms with van der Waals surface area (Å²) < 4.78 is 0. The standard InChI is InChI=1S/C14H20N2O4/c1-14(2,3)16-13(20)15-11(12(18)19)8-9-4-6-10(17)7-5-9/h4-7,11,17H,8H2,1-3H3,(H,18,19)(H2,15,16,20). The third-order valence-electron chi connectivity index (χ3n) is 2.47. The number of carbonyl (C=O) groups is 2. The van der Waals surface area contributed by atoms with Crippen LogP contribution in [0.15, 0.2) is 24.3 Å². The Bertz CT molecular complexity index is 477. The van der Waals surface area contributed by atoms with Gasteiger partial charge in [-0.2, -0.15) is 0 Å². The van der Waals surface area contributed by atoms with E-state index < -0.39 is 23.6 Å². The van der Waals surface area contributed by atoms with Crippen LogP contribution in [0.3, 0.4) is 0 Å². The van der Waals surface area contributed by atoms with Gasteiger partial charge in [-0.15, -0.1) is 0 Å². The van der Waals surface area contributed by atoms with Gasteiger partial charge in [0.05, 0.1) is 0 Å². The van der Waals surface area contributed by atoms with E-state index in [4.69, 9.17) is 5.11 Å². The van der Waals surface area contributed by atoms with Crippen molar-refractivity contribution >= 4 is 12.0 Å². The number of aliphatic carboxylic acids is 1. The van der Waals surface area contributed by atoms with Crippen molar-refractivity contribution in [1.29, 1.82) is 0 Å². The van der Waals surface area contributed by atoms with Gasteiger partial charge in [0.2, 0.25) is 0 Å². The summed E-state index contributed by atoms with van der Waals surface area (Å²) in [5.74, 6) is -0.999. The molecule has 0 spiro atoms. The Morgan fingerprint density at radius 1 is 1.20 bits per heavy atom. The number of benzene rings is 1. The van der Waals surface area contributed by atoms with Gasteiger partial charge in [-0.05, 0) is 38.5 Å². The fraction of sp³-hybridized carbons (Fsp3) is 0.429. The molecule has 6 nitrogen and oxygen atoms in total. The van der Waals surface area contributed by atoms with Crippen LogP contribution in [0.1, 0.15) is 26.3 Å². The van der Waals surface area contributed by atoms with Crippen molar-refractivity contribution in [3.63, 3.8) is 0 Å². The summed E-state index contributed by atoms with van der Waals surface area (Å²) in [5, 5.41) is 23.4. The molecule has 1 unspecified atom stereocenters. The van der Waals surface area contributed by atoms with E-state index in [0.717, 1.165) is 0 Å². The largest absolute Gasteiger partial charge is 0.508 e. The van der Waals surface area contributed by atoms with Gasteiger partial charge >= 0.3 is 12.0 Å². The molecule has 4 N–H and O–H groups in total. The van der Waals surface area contributed by atoms with Crippen molar-refractivity contribution in [2.45, 2.75) is 38.8 Å². The Labute approximate surface area is 117 Å². The molecule has 0 aliphatic heterocycles. The molecule has 0 heterocycles. The monoisotopic (exact) mass is 280 g/mol. The first-order valence-corrected chi connectivity index (χ1v) is 6.27. The number of hydrogen-bond acceptors (Lipinski definition) is 3. The number of carboxylic acid groups (broad SMARTS) is 1. The van der Waals surface area contributed by atoms with E-state index in [1.807, 2.05) is 20.8 Å². The second-order valence-electron chi connectivity index (χ2n) is 5.61. The third kappa shape index (κ3) is 5.60. The van der Waals surface area contributed by atoms with E-state index in [2.05, 4.69) is 10.6 Å². The number of carbonyl (C=O) groups excluding carboxylic acids is 1. The predicted octanol–water partition coefficient (Wildman–Crippen LogP) is 1.49. The van der Waals surface area contributed by atoms with Crippen LogP contribution in [0.25, 0.3) is 0 Å². The van der Waals surface area contributed by atoms with Crippen LogP contribution in [0.5, 0.6) is 5.75 Å². The van der Waals surface area contributed by atoms with Crippen LogP contribution in [-0.4, -0.2) is 33.8 Å². The van der Waals surface area contributed by atoms with Gasteiger partial charge in [-0.3, -0.25) is 0 Å². The highest BCUT2D eigenvalue weighted by atomic mass is 16.4. The normalized spacial score (nSPS) is 12.6. The molecule has 0 aromatic heterocycles. The molecule has 2 amide bonds. The first kappa shape index (κ1) is 15.8. The lowest BCUT2D eigenvalue weighted by Crippen LogP contribution is -2.52. The number of carboxylic acids is 1. The maximum atomic E-state index is 11.7. The zero-order valence-electron chi connectivity index (χ0n) is 11.8. The van der Waals surface area contributed by atoms with Gasteiger partial charge in [0.1, 0.15) is 11.8 Å². The molecule has 0 aliphatic carbocycles. The lowest BCUT2D eigenvalue weighted by atomic mass is 10.1. The van der Waals surface area contributed by atoms with E-state index in [1.54, 1.807) is 12.1 Å². The number of amides is 2. The number of hydrogen-bond donors (Lipinski definition) is 4. The van der Waals surface area contributed by atoms with Crippen LogP contribution >= 0.6 is 0 Å². The van der Waals surface area contributed by atoms with Gasteiger partial charge in [0.25, 0.3) is 0 Å². The number of nitrogens with one attached hydrogen (secondary N) is 2. The number of phenols is 1. The Kier molecular flexibility index (Phi) is 4.96. The summed E-state index contributed by atoms with van der Waals surface area (Å²) in [6.45, 7) is 5.42. The predicted molar refractivity (Wildman–Crippen MR) is 74.7 cm³/mol. The number of phenolic OH excluding ortho intramolecular Hbond substituents is 1. The van der Waals surface area contributed by atoms with Crippen LogP contribution in [0, 0.1) is 0 Å². The summed E-state index contributed by atoms with van der Waals surface area (Å²) in [7, 11) is 0. The minimum atomic E-state index is -1.11. The fourth-order valence-electron chi connectivity index (χ4n) is 1.60. The topological polar surface area (TPSA) is 98.7 Å². The van der Waals surface area contributed by atoms with Gasteiger partial charge in [-0.1, -0.05) is 12.1 Å². The lowest BCUT2D eigenvalue weighted by molar-refractivity contribution is -0.139. The molecule has 0 aliphatic rings. The lowest BCUT2D eigenvalue weighted by Gasteiger charge is -2.23. The highest BCUT2D eigenvalue weighted by Crippen LogP contribution is 2.11. The second kappa shape index (κ2) is 6.27. The molecule has 1 atom stereocenters. The molecule has 1 aromatic rings. The summed E-state index contributed by atoms with van der Waals surface area (Å²) in [4.78, 5) is 22.9. The Morgan fingerprint density at radius 2 is 1.75 bits per heavy atom. The fourth-order valence-corrected chi connectivity index (χ4v) is 1.60. The molecule has 110 valence electrons. The minimum Gasteiger partial charge on any atom is -0.508 e. The first-order chi connectivity index (χ1) is 9.17. The van der Waals surface area contributed by atoms with E-state index in [0.29, 0.717) is 5.56 Å². The summed E-state index contributed by atoms with van der Waals surface area (Å²) >= 11 is 0. The SMILES string of the molecule is CC(C)(C)NC(=O)NC(Cc1ccc(O)cc1)C(=O)O. The van der Waals surface area contributed by atoms with Crippen LogP contribution < -0.4 is 10.6 Å². The smallest absolute Gasteiger partial charge is 0.326 e. The molecule has 1 aromatic carbocycles. The van der Waals surface area contributed by atoms with Crippen LogP contribution in [0.2, 0.25) is 0 Å². The van der Waals surface area contributed by atoms with Crippen molar-refractivity contribution in [2.24, 2.45) is 0 Å². The van der Waals surface area contributed by atoms with E-state index >= 15 is 0 Å². The number of aromatic hydroxyl groups is 1. The van der Waals surface area contributed by atoms with E-state index in [1.165, 1.54) is 12.1 Å². The Morgan fingerprint density at radius 3 is 2.20 bits per heavy atom. The number of urea groups is 1. The molecular formula is C14H20N2O4. The van der Waals surface area contributed by atoms with Crippen molar-refractivity contribution in [3.8, 4) is 5.75 Å². The highest BCUT2D eigenvalue weighted by Gasteiger charge is 2.22. The molecule has 0 radical (unpaired) electrons. The van der Waals surface area contributed by atoms with E-state index in [-0.39, 0.29) is 12.2 Å². The molecule has 0 bridgehead atoms. The summed E-state index contributed by atoms with van der Waals surface area (Å²) in [5.41, 5.74) is 0.275. The molecule has 0 fully saturated rings. The molecule has 0 saturated heterocycles. The average Bonchev–Trinajstić information content (AvgIpc) is 2.28. The Balaban J connectivity index is 2.68. The maximum Gasteiger partial charge on any atom is 0.326 e.